The molecule has 6 heteroatoms. The normalized spacial score (nSPS) is 12.2. The third kappa shape index (κ3) is 4.11. The fraction of sp³-hybridized carbons (Fsp3) is 0.467. The average Bonchev–Trinajstić information content (AvgIpc) is 2.94. The number of halogens is 1. The highest BCUT2D eigenvalue weighted by Gasteiger charge is 2.14. The predicted octanol–water partition coefficient (Wildman–Crippen LogP) is 4.25. The molecule has 0 aliphatic carbocycles. The van der Waals surface area contributed by atoms with E-state index in [2.05, 4.69) is 22.4 Å². The Labute approximate surface area is 129 Å². The van der Waals surface area contributed by atoms with E-state index in [9.17, 15) is 0 Å². The molecule has 2 aromatic rings. The van der Waals surface area contributed by atoms with Crippen molar-refractivity contribution in [3.05, 3.63) is 34.9 Å². The molecular formula is C15H20ClN3O2. The summed E-state index contributed by atoms with van der Waals surface area (Å²) in [6.45, 7) is 4.11. The molecule has 1 atom stereocenters. The second-order valence-electron chi connectivity index (χ2n) is 4.87. The van der Waals surface area contributed by atoms with Gasteiger partial charge in [-0.15, -0.1) is 0 Å². The lowest BCUT2D eigenvalue weighted by Crippen LogP contribution is -2.07. The summed E-state index contributed by atoms with van der Waals surface area (Å²) < 4.78 is 10.4. The highest BCUT2D eigenvalue weighted by molar-refractivity contribution is 6.32. The van der Waals surface area contributed by atoms with Gasteiger partial charge in [0.05, 0.1) is 12.1 Å². The molecule has 0 saturated heterocycles. The molecule has 1 unspecified atom stereocenters. The van der Waals surface area contributed by atoms with Crippen molar-refractivity contribution >= 4 is 17.3 Å². The number of methoxy groups -OCH3 is 1. The molecule has 21 heavy (non-hydrogen) atoms. The topological polar surface area (TPSA) is 60.2 Å². The first-order valence-electron chi connectivity index (χ1n) is 7.06. The van der Waals surface area contributed by atoms with E-state index in [1.165, 1.54) is 0 Å². The quantitative estimate of drug-likeness (QED) is 0.828. The van der Waals surface area contributed by atoms with Crippen molar-refractivity contribution in [3.63, 3.8) is 0 Å². The summed E-state index contributed by atoms with van der Waals surface area (Å²) in [5.74, 6) is 1.98. The van der Waals surface area contributed by atoms with Crippen LogP contribution >= 0.6 is 11.6 Å². The van der Waals surface area contributed by atoms with Crippen LogP contribution in [-0.4, -0.2) is 17.3 Å². The van der Waals surface area contributed by atoms with E-state index >= 15 is 0 Å². The number of unbranched alkanes of at least 4 members (excludes halogenated alkanes) is 1. The minimum Gasteiger partial charge on any atom is -0.495 e. The molecule has 0 fully saturated rings. The molecule has 0 aliphatic heterocycles. The van der Waals surface area contributed by atoms with Crippen LogP contribution in [0.4, 0.5) is 5.69 Å². The summed E-state index contributed by atoms with van der Waals surface area (Å²) in [7, 11) is 1.59. The lowest BCUT2D eigenvalue weighted by molar-refractivity contribution is 0.362. The molecule has 0 saturated carbocycles. The fourth-order valence-corrected chi connectivity index (χ4v) is 2.21. The number of benzene rings is 1. The van der Waals surface area contributed by atoms with Crippen LogP contribution in [0.5, 0.6) is 5.75 Å². The van der Waals surface area contributed by atoms with Crippen LogP contribution in [0.2, 0.25) is 5.02 Å². The van der Waals surface area contributed by atoms with Gasteiger partial charge in [-0.2, -0.15) is 4.98 Å². The van der Waals surface area contributed by atoms with Crippen LogP contribution in [0, 0.1) is 0 Å². The van der Waals surface area contributed by atoms with Crippen molar-refractivity contribution in [1.82, 2.24) is 10.1 Å². The number of hydrogen-bond donors (Lipinski definition) is 1. The van der Waals surface area contributed by atoms with Crippen LogP contribution in [0.1, 0.15) is 44.4 Å². The molecule has 0 aliphatic rings. The molecule has 2 rings (SSSR count). The monoisotopic (exact) mass is 309 g/mol. The van der Waals surface area contributed by atoms with Gasteiger partial charge in [-0.25, -0.2) is 0 Å². The molecule has 1 N–H and O–H groups in total. The Bertz CT molecular complexity index is 586. The maximum absolute atomic E-state index is 6.10. The smallest absolute Gasteiger partial charge is 0.248 e. The van der Waals surface area contributed by atoms with Crippen molar-refractivity contribution in [2.45, 2.75) is 39.2 Å². The number of ether oxygens (including phenoxy) is 1. The highest BCUT2D eigenvalue weighted by atomic mass is 35.5. The van der Waals surface area contributed by atoms with E-state index in [0.717, 1.165) is 30.8 Å². The van der Waals surface area contributed by atoms with Crippen molar-refractivity contribution in [1.29, 1.82) is 0 Å². The average molecular weight is 310 g/mol. The Balaban J connectivity index is 2.01. The Kier molecular flexibility index (Phi) is 5.44. The van der Waals surface area contributed by atoms with Gasteiger partial charge in [0.2, 0.25) is 5.89 Å². The van der Waals surface area contributed by atoms with Crippen LogP contribution in [0.3, 0.4) is 0 Å². The zero-order valence-corrected chi connectivity index (χ0v) is 13.3. The number of nitrogens with one attached hydrogen (secondary N) is 1. The van der Waals surface area contributed by atoms with E-state index in [1.54, 1.807) is 7.11 Å². The second kappa shape index (κ2) is 7.31. The summed E-state index contributed by atoms with van der Waals surface area (Å²) in [6.07, 6.45) is 3.03. The van der Waals surface area contributed by atoms with E-state index in [1.807, 2.05) is 25.1 Å². The predicted molar refractivity (Wildman–Crippen MR) is 83.0 cm³/mol. The van der Waals surface area contributed by atoms with E-state index in [-0.39, 0.29) is 6.04 Å². The number of aryl methyl sites for hydroxylation is 1. The second-order valence-corrected chi connectivity index (χ2v) is 5.27. The Morgan fingerprint density at radius 3 is 2.90 bits per heavy atom. The first-order chi connectivity index (χ1) is 10.1. The van der Waals surface area contributed by atoms with Gasteiger partial charge in [0, 0.05) is 12.1 Å². The first kappa shape index (κ1) is 15.6. The van der Waals surface area contributed by atoms with Gasteiger partial charge >= 0.3 is 0 Å². The standard InChI is InChI=1S/C15H20ClN3O2/c1-4-5-6-14-18-15(21-19-14)10(2)17-11-7-8-13(20-3)12(16)9-11/h7-10,17H,4-6H2,1-3H3. The van der Waals surface area contributed by atoms with E-state index in [0.29, 0.717) is 16.7 Å². The van der Waals surface area contributed by atoms with Gasteiger partial charge in [-0.3, -0.25) is 0 Å². The van der Waals surface area contributed by atoms with Gasteiger partial charge < -0.3 is 14.6 Å². The molecular weight excluding hydrogens is 290 g/mol. The molecule has 0 spiro atoms. The third-order valence-electron chi connectivity index (χ3n) is 3.14. The van der Waals surface area contributed by atoms with Crippen molar-refractivity contribution in [3.8, 4) is 5.75 Å². The van der Waals surface area contributed by atoms with Crippen LogP contribution in [-0.2, 0) is 6.42 Å². The molecule has 0 radical (unpaired) electrons. The zero-order chi connectivity index (χ0) is 15.2. The largest absolute Gasteiger partial charge is 0.495 e. The van der Waals surface area contributed by atoms with Crippen molar-refractivity contribution < 1.29 is 9.26 Å². The minimum absolute atomic E-state index is 0.0858. The lowest BCUT2D eigenvalue weighted by atomic mass is 10.2. The molecule has 1 aromatic carbocycles. The molecule has 1 heterocycles. The summed E-state index contributed by atoms with van der Waals surface area (Å²) in [5.41, 5.74) is 0.876. The maximum Gasteiger partial charge on any atom is 0.248 e. The molecule has 1 aromatic heterocycles. The molecule has 114 valence electrons. The number of rotatable bonds is 7. The first-order valence-corrected chi connectivity index (χ1v) is 7.44. The number of aromatic nitrogens is 2. The zero-order valence-electron chi connectivity index (χ0n) is 12.5. The number of hydrogen-bond acceptors (Lipinski definition) is 5. The Morgan fingerprint density at radius 1 is 1.43 bits per heavy atom. The van der Waals surface area contributed by atoms with Gasteiger partial charge in [0.25, 0.3) is 0 Å². The fourth-order valence-electron chi connectivity index (χ4n) is 1.95. The van der Waals surface area contributed by atoms with Crippen molar-refractivity contribution in [2.24, 2.45) is 0 Å². The van der Waals surface area contributed by atoms with Gasteiger partial charge in [-0.1, -0.05) is 30.1 Å². The van der Waals surface area contributed by atoms with Gasteiger partial charge in [0.15, 0.2) is 5.82 Å². The Hall–Kier alpha value is -1.75. The van der Waals surface area contributed by atoms with Crippen LogP contribution in [0.15, 0.2) is 22.7 Å². The highest BCUT2D eigenvalue weighted by Crippen LogP contribution is 2.28. The summed E-state index contributed by atoms with van der Waals surface area (Å²) in [6, 6.07) is 5.44. The van der Waals surface area contributed by atoms with Gasteiger partial charge in [0.1, 0.15) is 11.8 Å². The number of anilines is 1. The van der Waals surface area contributed by atoms with Gasteiger partial charge in [-0.05, 0) is 31.5 Å². The van der Waals surface area contributed by atoms with E-state index < -0.39 is 0 Å². The maximum atomic E-state index is 6.10. The van der Waals surface area contributed by atoms with Crippen LogP contribution in [0.25, 0.3) is 0 Å². The lowest BCUT2D eigenvalue weighted by Gasteiger charge is -2.12. The third-order valence-corrected chi connectivity index (χ3v) is 3.44. The number of nitrogens with zero attached hydrogens (tertiary/aromatic N) is 2. The molecule has 0 bridgehead atoms. The summed E-state index contributed by atoms with van der Waals surface area (Å²) >= 11 is 6.10. The molecule has 5 nitrogen and oxygen atoms in total. The summed E-state index contributed by atoms with van der Waals surface area (Å²) in [4.78, 5) is 4.40. The van der Waals surface area contributed by atoms with Crippen LogP contribution < -0.4 is 10.1 Å². The summed E-state index contributed by atoms with van der Waals surface area (Å²) in [5, 5.41) is 7.83. The SMILES string of the molecule is CCCCc1noc(C(C)Nc2ccc(OC)c(Cl)c2)n1. The molecule has 0 amide bonds. The van der Waals surface area contributed by atoms with Crippen molar-refractivity contribution in [2.75, 3.05) is 12.4 Å². The minimum atomic E-state index is -0.0858. The Morgan fingerprint density at radius 2 is 2.24 bits per heavy atom. The van der Waals surface area contributed by atoms with E-state index in [4.69, 9.17) is 20.9 Å².